The fourth-order valence-corrected chi connectivity index (χ4v) is 10.8. The molecule has 16 N–H and O–H groups in total. The van der Waals surface area contributed by atoms with Crippen LogP contribution >= 0.6 is 0 Å². The molecule has 6 aromatic rings. The van der Waals surface area contributed by atoms with Crippen molar-refractivity contribution in [1.29, 1.82) is 0 Å². The smallest absolute Gasteiger partial charge is 0.246 e. The van der Waals surface area contributed by atoms with Gasteiger partial charge < -0.3 is 83.6 Å². The number of likely N-dealkylation sites (tertiary alicyclic amines) is 1. The Balaban J connectivity index is 0.963. The van der Waals surface area contributed by atoms with E-state index in [9.17, 15) is 63.0 Å². The van der Waals surface area contributed by atoms with Crippen LogP contribution in [0.25, 0.3) is 21.8 Å². The number of primary amides is 1. The van der Waals surface area contributed by atoms with Crippen LogP contribution in [-0.4, -0.2) is 175 Å². The van der Waals surface area contributed by atoms with Gasteiger partial charge in [0.25, 0.3) is 0 Å². The highest BCUT2D eigenvalue weighted by Gasteiger charge is 2.40. The number of nitrogens with two attached hydrogens (primary N) is 1. The Kier molecular flexibility index (Phi) is 21.6. The van der Waals surface area contributed by atoms with Crippen LogP contribution in [0.1, 0.15) is 68.3 Å². The topological polar surface area (TPSA) is 426 Å². The van der Waals surface area contributed by atoms with Crippen LogP contribution in [0.4, 0.5) is 0 Å². The lowest BCUT2D eigenvalue weighted by molar-refractivity contribution is -0.142. The molecule has 0 unspecified atom stereocenters. The van der Waals surface area contributed by atoms with Gasteiger partial charge in [0.1, 0.15) is 54.1 Å². The predicted molar refractivity (Wildman–Crippen MR) is 317 cm³/mol. The number of carbonyl (C=O) groups excluding carboxylic acids is 11. The second kappa shape index (κ2) is 29.8. The molecule has 88 heavy (non-hydrogen) atoms. The lowest BCUT2D eigenvalue weighted by Crippen LogP contribution is -2.60. The number of aromatic nitrogens is 4. The largest absolute Gasteiger partial charge is 0.508 e. The minimum atomic E-state index is -1.75. The maximum atomic E-state index is 14.5. The van der Waals surface area contributed by atoms with Gasteiger partial charge in [-0.15, -0.1) is 0 Å². The number of rotatable bonds is 29. The van der Waals surface area contributed by atoms with Crippen molar-refractivity contribution < 1.29 is 63.0 Å². The van der Waals surface area contributed by atoms with Gasteiger partial charge in [0.15, 0.2) is 0 Å². The Labute approximate surface area is 504 Å². The molecule has 8 rings (SSSR count). The van der Waals surface area contributed by atoms with Crippen LogP contribution < -0.4 is 53.6 Å². The number of carbonyl (C=O) groups is 11. The lowest BCUT2D eigenvalue weighted by atomic mass is 10.00. The fraction of sp³-hybridized carbons (Fsp3) is 0.400. The molecule has 0 saturated carbocycles. The predicted octanol–water partition coefficient (Wildman–Crippen LogP) is -1.72. The van der Waals surface area contributed by atoms with Crippen molar-refractivity contribution in [3.05, 3.63) is 120 Å². The number of aromatic amines is 3. The Morgan fingerprint density at radius 1 is 0.636 bits per heavy atom. The summed E-state index contributed by atoms with van der Waals surface area (Å²) in [6, 6.07) is 9.79. The highest BCUT2D eigenvalue weighted by Crippen LogP contribution is 2.24. The molecule has 2 aliphatic rings. The SMILES string of the molecule is CC(C)C[C@H](NC(=O)CNC(=O)[C@H](Cc1ccc(O)cc1)NC(=O)[C@H](CO)NC(=O)[C@H](Cc1c[nH]c2ccccc12)NC(=O)[C@H](Cc1cnc[nH]1)NC(=O)[C@@H]1CCC(=O)N1)C(=O)N[C@@H](Cc1c[nH]c2ccccc12)C(=O)N1CCC[C@H]1C(=O)NCC(N)=O. The summed E-state index contributed by atoms with van der Waals surface area (Å²) in [6.45, 7) is 1.62. The molecular weight excluding hydrogens is 1140 g/mol. The molecule has 8 atom stereocenters. The Morgan fingerprint density at radius 3 is 1.81 bits per heavy atom. The number of fused-ring (bicyclic) bond motifs is 2. The number of H-pyrrole nitrogens is 3. The molecular formula is C60H73N15O13. The summed E-state index contributed by atoms with van der Waals surface area (Å²) >= 11 is 0. The van der Waals surface area contributed by atoms with Crippen LogP contribution in [0.5, 0.6) is 5.75 Å². The summed E-state index contributed by atoms with van der Waals surface area (Å²) in [7, 11) is 0. The quantitative estimate of drug-likeness (QED) is 0.0249. The van der Waals surface area contributed by atoms with E-state index in [1.807, 2.05) is 38.1 Å². The van der Waals surface area contributed by atoms with Crippen LogP contribution in [-0.2, 0) is 78.4 Å². The van der Waals surface area contributed by atoms with Crippen LogP contribution in [0, 0.1) is 5.92 Å². The number of nitrogens with zero attached hydrogens (tertiary/aromatic N) is 2. The van der Waals surface area contributed by atoms with Gasteiger partial charge in [0.2, 0.25) is 65.0 Å². The first-order valence-corrected chi connectivity index (χ1v) is 28.9. The van der Waals surface area contributed by atoms with E-state index in [2.05, 4.69) is 67.8 Å². The molecule has 3 aromatic carbocycles. The van der Waals surface area contributed by atoms with Crippen molar-refractivity contribution in [2.24, 2.45) is 11.7 Å². The fourth-order valence-electron chi connectivity index (χ4n) is 10.8. The summed E-state index contributed by atoms with van der Waals surface area (Å²) in [5.74, 6) is -8.51. The number of aliphatic hydroxyl groups excluding tert-OH is 1. The van der Waals surface area contributed by atoms with E-state index in [-0.39, 0.29) is 69.1 Å². The normalized spacial score (nSPS) is 16.7. The third-order valence-corrected chi connectivity index (χ3v) is 15.3. The number of nitrogens with one attached hydrogen (secondary N) is 12. The van der Waals surface area contributed by atoms with Gasteiger partial charge in [-0.3, -0.25) is 52.7 Å². The number of phenolic OH excluding ortho intramolecular Hbond substituents is 1. The standard InChI is InChI=1S/C60H73N15O13/c1-32(2)20-43(55(83)73-47(23-35-26-64-41-11-6-4-9-39(35)41)60(88)75-19-7-12-49(75)59(87)65-28-50(61)78)69-52(80)29-66-53(81)44(21-33-13-15-37(77)16-14-33)70-58(86)48(30-76)74-56(84)45(22-34-25-63-40-10-5-3-8-38(34)40)71-57(85)46(24-36-27-62-31-67-36)72-54(82)42-17-18-51(79)68-42/h3-6,8-11,13-16,25-27,31-32,42-49,63-64,76-77H,7,12,17-24,28-30H2,1-2H3,(H2,61,78)(H,62,67)(H,65,87)(H,66,81)(H,68,79)(H,69,80)(H,70,86)(H,71,85)(H,72,82)(H,73,83)(H,74,84)/t42-,43-,44-,45-,46-,47-,48-,49-/m0/s1. The summed E-state index contributed by atoms with van der Waals surface area (Å²) in [5, 5.41) is 45.7. The van der Waals surface area contributed by atoms with E-state index >= 15 is 0 Å². The average molecular weight is 1210 g/mol. The van der Waals surface area contributed by atoms with Gasteiger partial charge in [-0.05, 0) is 72.6 Å². The molecule has 2 fully saturated rings. The molecule has 0 aliphatic carbocycles. The van der Waals surface area contributed by atoms with Crippen LogP contribution in [0.2, 0.25) is 0 Å². The highest BCUT2D eigenvalue weighted by molar-refractivity contribution is 5.99. The average Bonchev–Trinajstić information content (AvgIpc) is 3.68. The van der Waals surface area contributed by atoms with Gasteiger partial charge in [0, 0.05) is 84.7 Å². The maximum Gasteiger partial charge on any atom is 0.246 e. The Morgan fingerprint density at radius 2 is 1.22 bits per heavy atom. The summed E-state index contributed by atoms with van der Waals surface area (Å²) < 4.78 is 0. The Bertz CT molecular complexity index is 3510. The highest BCUT2D eigenvalue weighted by atomic mass is 16.3. The molecule has 5 heterocycles. The van der Waals surface area contributed by atoms with E-state index < -0.39 is 127 Å². The lowest BCUT2D eigenvalue weighted by Gasteiger charge is -2.30. The first kappa shape index (κ1) is 63.9. The number of aliphatic hydroxyl groups is 1. The number of amides is 11. The molecule has 3 aromatic heterocycles. The summed E-state index contributed by atoms with van der Waals surface area (Å²) in [6.07, 6.45) is 6.78. The molecule has 0 spiro atoms. The number of imidazole rings is 1. The third-order valence-electron chi connectivity index (χ3n) is 15.3. The van der Waals surface area contributed by atoms with E-state index in [0.717, 1.165) is 10.9 Å². The van der Waals surface area contributed by atoms with Gasteiger partial charge in [-0.2, -0.15) is 0 Å². The molecule has 0 radical (unpaired) electrons. The molecule has 2 aliphatic heterocycles. The number of para-hydroxylation sites is 2. The van der Waals surface area contributed by atoms with Gasteiger partial charge >= 0.3 is 0 Å². The molecule has 28 nitrogen and oxygen atoms in total. The van der Waals surface area contributed by atoms with E-state index in [0.29, 0.717) is 46.1 Å². The van der Waals surface area contributed by atoms with Crippen molar-refractivity contribution in [2.45, 2.75) is 120 Å². The monoisotopic (exact) mass is 1210 g/mol. The van der Waals surface area contributed by atoms with E-state index in [1.165, 1.54) is 41.7 Å². The van der Waals surface area contributed by atoms with Crippen LogP contribution in [0.15, 0.2) is 97.7 Å². The van der Waals surface area contributed by atoms with Crippen molar-refractivity contribution in [2.75, 3.05) is 26.2 Å². The molecule has 466 valence electrons. The second-order valence-electron chi connectivity index (χ2n) is 22.3. The Hall–Kier alpha value is -10.1. The zero-order valence-corrected chi connectivity index (χ0v) is 48.5. The van der Waals surface area contributed by atoms with Crippen molar-refractivity contribution in [1.82, 2.24) is 72.7 Å². The minimum absolute atomic E-state index is 0.0189. The zero-order valence-electron chi connectivity index (χ0n) is 48.5. The number of benzene rings is 3. The van der Waals surface area contributed by atoms with E-state index in [4.69, 9.17) is 5.73 Å². The number of hydrogen-bond donors (Lipinski definition) is 15. The molecule has 2 saturated heterocycles. The molecule has 11 amide bonds. The second-order valence-corrected chi connectivity index (χ2v) is 22.3. The first-order valence-electron chi connectivity index (χ1n) is 28.9. The number of aromatic hydroxyl groups is 1. The van der Waals surface area contributed by atoms with Crippen molar-refractivity contribution in [3.63, 3.8) is 0 Å². The van der Waals surface area contributed by atoms with Gasteiger partial charge in [-0.25, -0.2) is 4.98 Å². The molecule has 28 heteroatoms. The third kappa shape index (κ3) is 17.1. The van der Waals surface area contributed by atoms with Gasteiger partial charge in [0.05, 0.1) is 26.0 Å². The molecule has 0 bridgehead atoms. The zero-order chi connectivity index (χ0) is 63.0. The maximum absolute atomic E-state index is 14.5. The number of hydrogen-bond acceptors (Lipinski definition) is 14. The number of phenols is 1. The van der Waals surface area contributed by atoms with Gasteiger partial charge in [-0.1, -0.05) is 62.4 Å². The van der Waals surface area contributed by atoms with E-state index in [1.54, 1.807) is 36.7 Å². The summed E-state index contributed by atoms with van der Waals surface area (Å²) in [5.41, 5.74) is 8.89. The van der Waals surface area contributed by atoms with Crippen molar-refractivity contribution in [3.8, 4) is 5.75 Å². The van der Waals surface area contributed by atoms with Crippen molar-refractivity contribution >= 4 is 86.8 Å². The van der Waals surface area contributed by atoms with Crippen LogP contribution in [0.3, 0.4) is 0 Å². The minimum Gasteiger partial charge on any atom is -0.508 e. The first-order chi connectivity index (χ1) is 42.2. The summed E-state index contributed by atoms with van der Waals surface area (Å²) in [4.78, 5) is 165.